The molecule has 0 saturated heterocycles. The van der Waals surface area contributed by atoms with Crippen molar-refractivity contribution in [3.63, 3.8) is 0 Å². The van der Waals surface area contributed by atoms with Crippen LogP contribution in [0.5, 0.6) is 0 Å². The van der Waals surface area contributed by atoms with Crippen LogP contribution in [0.4, 0.5) is 15.9 Å². The molecule has 0 aliphatic rings. The minimum absolute atomic E-state index is 0.121. The Morgan fingerprint density at radius 2 is 2.00 bits per heavy atom. The number of nitrogens with one attached hydrogen (secondary N) is 1. The zero-order valence-electron chi connectivity index (χ0n) is 9.64. The number of anilines is 1. The van der Waals surface area contributed by atoms with Crippen molar-refractivity contribution < 1.29 is 9.31 Å². The molecule has 1 heterocycles. The quantitative estimate of drug-likeness (QED) is 0.690. The average molecular weight is 326 g/mol. The second-order valence-electron chi connectivity index (χ2n) is 3.73. The Kier molecular flexibility index (Phi) is 4.06. The van der Waals surface area contributed by atoms with Crippen LogP contribution in [0.3, 0.4) is 0 Å². The molecule has 98 valence electrons. The number of rotatable bonds is 4. The van der Waals surface area contributed by atoms with Crippen LogP contribution in [-0.2, 0) is 6.54 Å². The molecule has 5 nitrogen and oxygen atoms in total. The Balaban J connectivity index is 2.18. The lowest BCUT2D eigenvalue weighted by Gasteiger charge is -2.07. The Morgan fingerprint density at radius 1 is 1.32 bits per heavy atom. The summed E-state index contributed by atoms with van der Waals surface area (Å²) in [6.45, 7) is 0.324. The number of nitro groups is 1. The zero-order chi connectivity index (χ0) is 13.8. The van der Waals surface area contributed by atoms with Crippen LogP contribution in [0.15, 0.2) is 41.0 Å². The van der Waals surface area contributed by atoms with Crippen molar-refractivity contribution >= 4 is 27.4 Å². The van der Waals surface area contributed by atoms with Gasteiger partial charge in [-0.2, -0.15) is 0 Å². The Hall–Kier alpha value is -2.02. The van der Waals surface area contributed by atoms with Gasteiger partial charge in [-0.25, -0.2) is 9.37 Å². The van der Waals surface area contributed by atoms with Crippen molar-refractivity contribution in [2.45, 2.75) is 6.54 Å². The summed E-state index contributed by atoms with van der Waals surface area (Å²) in [6.07, 6.45) is 1.46. The molecule has 19 heavy (non-hydrogen) atoms. The highest BCUT2D eigenvalue weighted by molar-refractivity contribution is 9.10. The first-order valence-electron chi connectivity index (χ1n) is 5.35. The van der Waals surface area contributed by atoms with Crippen LogP contribution in [0.1, 0.15) is 5.56 Å². The topological polar surface area (TPSA) is 68.1 Å². The summed E-state index contributed by atoms with van der Waals surface area (Å²) in [5, 5.41) is 13.8. The smallest absolute Gasteiger partial charge is 0.325 e. The lowest BCUT2D eigenvalue weighted by atomic mass is 10.2. The fourth-order valence-electron chi connectivity index (χ4n) is 1.52. The van der Waals surface area contributed by atoms with Gasteiger partial charge in [0, 0.05) is 12.7 Å². The van der Waals surface area contributed by atoms with Gasteiger partial charge in [0.05, 0.1) is 4.92 Å². The molecule has 0 atom stereocenters. The number of hydrogen-bond donors (Lipinski definition) is 1. The van der Waals surface area contributed by atoms with Crippen LogP contribution >= 0.6 is 15.9 Å². The molecular weight excluding hydrogens is 317 g/mol. The van der Waals surface area contributed by atoms with E-state index < -0.39 is 4.92 Å². The van der Waals surface area contributed by atoms with Crippen molar-refractivity contribution in [3.8, 4) is 0 Å². The van der Waals surface area contributed by atoms with E-state index >= 15 is 0 Å². The molecular formula is C12H9BrFN3O2. The molecule has 0 spiro atoms. The summed E-state index contributed by atoms with van der Waals surface area (Å²) in [5.41, 5.74) is 0.682. The maximum absolute atomic E-state index is 12.7. The van der Waals surface area contributed by atoms with E-state index in [1.165, 1.54) is 24.4 Å². The fourth-order valence-corrected chi connectivity index (χ4v) is 1.97. The third-order valence-corrected chi connectivity index (χ3v) is 3.07. The van der Waals surface area contributed by atoms with Crippen molar-refractivity contribution in [1.82, 2.24) is 4.98 Å². The molecule has 0 fully saturated rings. The second kappa shape index (κ2) is 5.75. The maximum atomic E-state index is 12.7. The van der Waals surface area contributed by atoms with E-state index in [-0.39, 0.29) is 17.3 Å². The predicted octanol–water partition coefficient (Wildman–Crippen LogP) is 3.50. The summed E-state index contributed by atoms with van der Waals surface area (Å²) in [6, 6.07) is 7.37. The molecule has 7 heteroatoms. The molecule has 1 aromatic heterocycles. The van der Waals surface area contributed by atoms with Crippen LogP contribution < -0.4 is 5.32 Å². The number of pyridine rings is 1. The van der Waals surface area contributed by atoms with Crippen molar-refractivity contribution in [3.05, 3.63) is 62.5 Å². The number of hydrogen-bond acceptors (Lipinski definition) is 4. The zero-order valence-corrected chi connectivity index (χ0v) is 11.2. The van der Waals surface area contributed by atoms with E-state index in [0.29, 0.717) is 11.0 Å². The first-order valence-corrected chi connectivity index (χ1v) is 6.14. The van der Waals surface area contributed by atoms with Crippen molar-refractivity contribution in [1.29, 1.82) is 0 Å². The van der Waals surface area contributed by atoms with E-state index in [0.717, 1.165) is 5.56 Å². The summed E-state index contributed by atoms with van der Waals surface area (Å²) >= 11 is 3.11. The molecule has 0 aliphatic heterocycles. The minimum atomic E-state index is -0.510. The first kappa shape index (κ1) is 13.4. The lowest BCUT2D eigenvalue weighted by Crippen LogP contribution is -2.05. The van der Waals surface area contributed by atoms with Gasteiger partial charge in [0.15, 0.2) is 0 Å². The highest BCUT2D eigenvalue weighted by atomic mass is 79.9. The van der Waals surface area contributed by atoms with Gasteiger partial charge in [0.25, 0.3) is 0 Å². The Labute approximate surface area is 116 Å². The standard InChI is InChI=1S/C12H9BrFN3O2/c13-10-5-6-15-12(11(10)17(18)19)16-7-8-1-3-9(14)4-2-8/h1-6H,7H2,(H,15,16). The third kappa shape index (κ3) is 3.25. The molecule has 2 rings (SSSR count). The highest BCUT2D eigenvalue weighted by Crippen LogP contribution is 2.30. The molecule has 0 radical (unpaired) electrons. The molecule has 2 aromatic rings. The van der Waals surface area contributed by atoms with Gasteiger partial charge >= 0.3 is 5.69 Å². The Morgan fingerprint density at radius 3 is 2.63 bits per heavy atom. The summed E-state index contributed by atoms with van der Waals surface area (Å²) < 4.78 is 13.1. The highest BCUT2D eigenvalue weighted by Gasteiger charge is 2.19. The van der Waals surface area contributed by atoms with Crippen molar-refractivity contribution in [2.24, 2.45) is 0 Å². The molecule has 1 N–H and O–H groups in total. The van der Waals surface area contributed by atoms with Crippen LogP contribution in [-0.4, -0.2) is 9.91 Å². The number of benzene rings is 1. The van der Waals surface area contributed by atoms with E-state index in [9.17, 15) is 14.5 Å². The SMILES string of the molecule is O=[N+]([O-])c1c(Br)ccnc1NCc1ccc(F)cc1. The van der Waals surface area contributed by atoms with Crippen LogP contribution in [0.25, 0.3) is 0 Å². The summed E-state index contributed by atoms with van der Waals surface area (Å²) in [7, 11) is 0. The summed E-state index contributed by atoms with van der Waals surface area (Å²) in [4.78, 5) is 14.4. The molecule has 0 amide bonds. The largest absolute Gasteiger partial charge is 0.360 e. The fraction of sp³-hybridized carbons (Fsp3) is 0.0833. The second-order valence-corrected chi connectivity index (χ2v) is 4.58. The predicted molar refractivity (Wildman–Crippen MR) is 72.3 cm³/mol. The number of aromatic nitrogens is 1. The molecule has 0 unspecified atom stereocenters. The van der Waals surface area contributed by atoms with Gasteiger partial charge in [0.1, 0.15) is 10.3 Å². The van der Waals surface area contributed by atoms with Gasteiger partial charge in [-0.05, 0) is 39.7 Å². The summed E-state index contributed by atoms with van der Waals surface area (Å²) in [5.74, 6) is -0.154. The monoisotopic (exact) mass is 325 g/mol. The minimum Gasteiger partial charge on any atom is -0.360 e. The lowest BCUT2D eigenvalue weighted by molar-refractivity contribution is -0.385. The molecule has 0 bridgehead atoms. The van der Waals surface area contributed by atoms with Gasteiger partial charge in [-0.1, -0.05) is 12.1 Å². The first-order chi connectivity index (χ1) is 9.08. The van der Waals surface area contributed by atoms with E-state index in [4.69, 9.17) is 0 Å². The van der Waals surface area contributed by atoms with E-state index in [2.05, 4.69) is 26.2 Å². The van der Waals surface area contributed by atoms with Crippen LogP contribution in [0, 0.1) is 15.9 Å². The normalized spacial score (nSPS) is 10.2. The third-order valence-electron chi connectivity index (χ3n) is 2.43. The van der Waals surface area contributed by atoms with Gasteiger partial charge in [-0.15, -0.1) is 0 Å². The molecule has 1 aromatic carbocycles. The van der Waals surface area contributed by atoms with Crippen molar-refractivity contribution in [2.75, 3.05) is 5.32 Å². The molecule has 0 aliphatic carbocycles. The Bertz CT molecular complexity index is 604. The average Bonchev–Trinajstić information content (AvgIpc) is 2.37. The van der Waals surface area contributed by atoms with E-state index in [1.807, 2.05) is 0 Å². The van der Waals surface area contributed by atoms with Gasteiger partial charge in [-0.3, -0.25) is 10.1 Å². The number of halogens is 2. The van der Waals surface area contributed by atoms with Gasteiger partial charge in [0.2, 0.25) is 5.82 Å². The maximum Gasteiger partial charge on any atom is 0.325 e. The molecule has 0 saturated carbocycles. The number of nitrogens with zero attached hydrogens (tertiary/aromatic N) is 2. The van der Waals surface area contributed by atoms with Gasteiger partial charge < -0.3 is 5.32 Å². The van der Waals surface area contributed by atoms with E-state index in [1.54, 1.807) is 12.1 Å². The van der Waals surface area contributed by atoms with Crippen LogP contribution in [0.2, 0.25) is 0 Å².